The maximum atomic E-state index is 13.2. The van der Waals surface area contributed by atoms with Crippen LogP contribution in [0.1, 0.15) is 46.1 Å². The topological polar surface area (TPSA) is 194 Å². The van der Waals surface area contributed by atoms with Crippen molar-refractivity contribution < 1.29 is 29.1 Å². The van der Waals surface area contributed by atoms with E-state index in [2.05, 4.69) is 16.0 Å². The predicted molar refractivity (Wildman–Crippen MR) is 130 cm³/mol. The first-order valence-corrected chi connectivity index (χ1v) is 11.5. The van der Waals surface area contributed by atoms with E-state index in [1.54, 1.807) is 44.2 Å². The SMILES string of the molecule is CC(C)CC(NC(=O)C(N)C(C)C)C(=O)NC(Cc1ccccc1)C(=O)NC(CC(N)=O)C(=O)O. The first kappa shape index (κ1) is 29.6. The maximum Gasteiger partial charge on any atom is 0.326 e. The Kier molecular flexibility index (Phi) is 11.9. The van der Waals surface area contributed by atoms with Crippen molar-refractivity contribution in [1.82, 2.24) is 16.0 Å². The van der Waals surface area contributed by atoms with E-state index in [0.717, 1.165) is 0 Å². The highest BCUT2D eigenvalue weighted by Gasteiger charge is 2.31. The first-order valence-electron chi connectivity index (χ1n) is 11.5. The highest BCUT2D eigenvalue weighted by Crippen LogP contribution is 2.09. The summed E-state index contributed by atoms with van der Waals surface area (Å²) in [5.41, 5.74) is 11.7. The zero-order chi connectivity index (χ0) is 26.7. The number of amides is 4. The molecule has 0 aliphatic carbocycles. The number of nitrogens with one attached hydrogen (secondary N) is 3. The average Bonchev–Trinajstić information content (AvgIpc) is 2.76. The molecule has 11 heteroatoms. The molecule has 0 fully saturated rings. The van der Waals surface area contributed by atoms with Crippen LogP contribution in [-0.4, -0.2) is 58.9 Å². The summed E-state index contributed by atoms with van der Waals surface area (Å²) in [6.45, 7) is 7.33. The normalized spacial score (nSPS) is 14.5. The number of carboxylic acids is 1. The Morgan fingerprint density at radius 2 is 1.34 bits per heavy atom. The molecule has 8 N–H and O–H groups in total. The standard InChI is InChI=1S/C24H37N5O6/c1-13(2)10-16(28-23(33)20(26)14(3)4)21(31)27-17(11-15-8-6-5-7-9-15)22(32)29-18(24(34)35)12-19(25)30/h5-9,13-14,16-18,20H,10-12,26H2,1-4H3,(H2,25,30)(H,27,31)(H,28,33)(H,29,32)(H,34,35). The molecule has 0 aliphatic heterocycles. The molecule has 1 aromatic rings. The van der Waals surface area contributed by atoms with Gasteiger partial charge in [0.1, 0.15) is 18.1 Å². The van der Waals surface area contributed by atoms with Crippen molar-refractivity contribution in [2.75, 3.05) is 0 Å². The lowest BCUT2D eigenvalue weighted by molar-refractivity contribution is -0.143. The Morgan fingerprint density at radius 1 is 0.829 bits per heavy atom. The van der Waals surface area contributed by atoms with Crippen LogP contribution >= 0.6 is 0 Å². The smallest absolute Gasteiger partial charge is 0.326 e. The van der Waals surface area contributed by atoms with Crippen LogP contribution < -0.4 is 27.4 Å². The molecule has 4 atom stereocenters. The molecule has 11 nitrogen and oxygen atoms in total. The van der Waals surface area contributed by atoms with Crippen LogP contribution in [0.15, 0.2) is 30.3 Å². The average molecular weight is 492 g/mol. The lowest BCUT2D eigenvalue weighted by Crippen LogP contribution is -2.58. The Hall–Kier alpha value is -3.47. The predicted octanol–water partition coefficient (Wildman–Crippen LogP) is -0.327. The number of benzene rings is 1. The fourth-order valence-corrected chi connectivity index (χ4v) is 3.28. The van der Waals surface area contributed by atoms with Gasteiger partial charge in [-0.25, -0.2) is 4.79 Å². The number of carbonyl (C=O) groups is 5. The van der Waals surface area contributed by atoms with Crippen molar-refractivity contribution in [3.8, 4) is 0 Å². The molecule has 4 unspecified atom stereocenters. The van der Waals surface area contributed by atoms with Crippen molar-refractivity contribution in [2.24, 2.45) is 23.3 Å². The van der Waals surface area contributed by atoms with Gasteiger partial charge in [0.2, 0.25) is 23.6 Å². The highest BCUT2D eigenvalue weighted by atomic mass is 16.4. The van der Waals surface area contributed by atoms with E-state index >= 15 is 0 Å². The summed E-state index contributed by atoms with van der Waals surface area (Å²) >= 11 is 0. The Labute approximate surface area is 205 Å². The number of hydrogen-bond acceptors (Lipinski definition) is 6. The molecule has 0 aromatic heterocycles. The van der Waals surface area contributed by atoms with Crippen molar-refractivity contribution in [3.63, 3.8) is 0 Å². The molecular weight excluding hydrogens is 454 g/mol. The van der Waals surface area contributed by atoms with Gasteiger partial charge in [-0.3, -0.25) is 19.2 Å². The molecule has 4 amide bonds. The van der Waals surface area contributed by atoms with Gasteiger partial charge in [-0.2, -0.15) is 0 Å². The minimum atomic E-state index is -1.55. The minimum absolute atomic E-state index is 0.0367. The van der Waals surface area contributed by atoms with Crippen LogP contribution in [0.4, 0.5) is 0 Å². The highest BCUT2D eigenvalue weighted by molar-refractivity contribution is 5.95. The summed E-state index contributed by atoms with van der Waals surface area (Å²) < 4.78 is 0. The van der Waals surface area contributed by atoms with Gasteiger partial charge in [0.25, 0.3) is 0 Å². The number of carbonyl (C=O) groups excluding carboxylic acids is 4. The van der Waals surface area contributed by atoms with Crippen molar-refractivity contribution in [1.29, 1.82) is 0 Å². The molecule has 0 saturated carbocycles. The van der Waals surface area contributed by atoms with Crippen molar-refractivity contribution in [2.45, 2.75) is 71.1 Å². The summed E-state index contributed by atoms with van der Waals surface area (Å²) in [5, 5.41) is 16.9. The molecule has 35 heavy (non-hydrogen) atoms. The van der Waals surface area contributed by atoms with E-state index in [-0.39, 0.29) is 18.3 Å². The lowest BCUT2D eigenvalue weighted by Gasteiger charge is -2.26. The number of carboxylic acid groups (broad SMARTS) is 1. The van der Waals surface area contributed by atoms with E-state index < -0.39 is 60.2 Å². The number of hydrogen-bond donors (Lipinski definition) is 6. The molecule has 0 radical (unpaired) electrons. The monoisotopic (exact) mass is 491 g/mol. The minimum Gasteiger partial charge on any atom is -0.480 e. The van der Waals surface area contributed by atoms with Gasteiger partial charge in [-0.05, 0) is 23.8 Å². The second-order valence-corrected chi connectivity index (χ2v) is 9.28. The van der Waals surface area contributed by atoms with Gasteiger partial charge in [0.05, 0.1) is 12.5 Å². The van der Waals surface area contributed by atoms with Crippen LogP contribution in [0.25, 0.3) is 0 Å². The third-order valence-electron chi connectivity index (χ3n) is 5.30. The number of primary amides is 1. The number of nitrogens with two attached hydrogens (primary N) is 2. The van der Waals surface area contributed by atoms with Gasteiger partial charge in [-0.15, -0.1) is 0 Å². The van der Waals surface area contributed by atoms with Crippen molar-refractivity contribution in [3.05, 3.63) is 35.9 Å². The summed E-state index contributed by atoms with van der Waals surface area (Å²) in [7, 11) is 0. The van der Waals surface area contributed by atoms with Gasteiger partial charge in [0.15, 0.2) is 0 Å². The molecule has 1 rings (SSSR count). The molecular formula is C24H37N5O6. The molecule has 0 spiro atoms. The van der Waals surface area contributed by atoms with E-state index in [9.17, 15) is 29.1 Å². The summed E-state index contributed by atoms with van der Waals surface area (Å²) in [6, 6.07) is 4.30. The third kappa shape index (κ3) is 10.6. The summed E-state index contributed by atoms with van der Waals surface area (Å²) in [5.74, 6) is -4.35. The van der Waals surface area contributed by atoms with Crippen molar-refractivity contribution >= 4 is 29.6 Å². The molecule has 0 aliphatic rings. The van der Waals surface area contributed by atoms with E-state index in [1.807, 2.05) is 13.8 Å². The molecule has 194 valence electrons. The first-order chi connectivity index (χ1) is 16.3. The van der Waals surface area contributed by atoms with Crippen LogP contribution in [0.3, 0.4) is 0 Å². The largest absolute Gasteiger partial charge is 0.480 e. The third-order valence-corrected chi connectivity index (χ3v) is 5.30. The second-order valence-electron chi connectivity index (χ2n) is 9.28. The van der Waals surface area contributed by atoms with Gasteiger partial charge < -0.3 is 32.5 Å². The Bertz CT molecular complexity index is 890. The lowest BCUT2D eigenvalue weighted by atomic mass is 9.99. The fraction of sp³-hybridized carbons (Fsp3) is 0.542. The van der Waals surface area contributed by atoms with E-state index in [0.29, 0.717) is 12.0 Å². The quantitative estimate of drug-likeness (QED) is 0.205. The maximum absolute atomic E-state index is 13.2. The van der Waals surface area contributed by atoms with Crippen LogP contribution in [0.5, 0.6) is 0 Å². The van der Waals surface area contributed by atoms with Crippen LogP contribution in [0, 0.1) is 11.8 Å². The zero-order valence-electron chi connectivity index (χ0n) is 20.6. The second kappa shape index (κ2) is 14.1. The molecule has 1 aromatic carbocycles. The molecule has 0 heterocycles. The molecule has 0 bridgehead atoms. The van der Waals surface area contributed by atoms with Gasteiger partial charge >= 0.3 is 5.97 Å². The van der Waals surface area contributed by atoms with E-state index in [1.165, 1.54) is 0 Å². The zero-order valence-corrected chi connectivity index (χ0v) is 20.6. The number of rotatable bonds is 14. The fourth-order valence-electron chi connectivity index (χ4n) is 3.28. The van der Waals surface area contributed by atoms with Crippen LogP contribution in [0.2, 0.25) is 0 Å². The van der Waals surface area contributed by atoms with Gasteiger partial charge in [0, 0.05) is 6.42 Å². The summed E-state index contributed by atoms with van der Waals surface area (Å²) in [6.07, 6.45) is -0.261. The van der Waals surface area contributed by atoms with Crippen LogP contribution in [-0.2, 0) is 30.4 Å². The van der Waals surface area contributed by atoms with E-state index in [4.69, 9.17) is 11.5 Å². The Morgan fingerprint density at radius 3 is 1.83 bits per heavy atom. The Balaban J connectivity index is 3.14. The summed E-state index contributed by atoms with van der Waals surface area (Å²) in [4.78, 5) is 61.4. The molecule has 0 saturated heterocycles. The number of aliphatic carboxylic acids is 1. The van der Waals surface area contributed by atoms with Gasteiger partial charge in [-0.1, -0.05) is 58.0 Å².